The Bertz CT molecular complexity index is 556. The summed E-state index contributed by atoms with van der Waals surface area (Å²) in [6.07, 6.45) is -5.00. The van der Waals surface area contributed by atoms with Gasteiger partial charge in [0.2, 0.25) is 0 Å². The summed E-state index contributed by atoms with van der Waals surface area (Å²) >= 11 is 5.16. The van der Waals surface area contributed by atoms with Gasteiger partial charge in [0.05, 0.1) is 10.8 Å². The Kier molecular flexibility index (Phi) is 4.25. The van der Waals surface area contributed by atoms with E-state index in [2.05, 4.69) is 0 Å². The van der Waals surface area contributed by atoms with Crippen LogP contribution in [0.3, 0.4) is 0 Å². The molecule has 0 saturated carbocycles. The number of benzene rings is 1. The van der Waals surface area contributed by atoms with Crippen molar-refractivity contribution in [3.05, 3.63) is 38.9 Å². The van der Waals surface area contributed by atoms with Crippen molar-refractivity contribution in [3.63, 3.8) is 0 Å². The summed E-state index contributed by atoms with van der Waals surface area (Å²) in [7, 11) is 0. The van der Waals surface area contributed by atoms with Crippen LogP contribution in [0.4, 0.5) is 18.9 Å². The fraction of sp³-hybridized carbons (Fsp3) is 0.200. The van der Waals surface area contributed by atoms with Crippen LogP contribution in [-0.2, 0) is 6.18 Å². The molecule has 0 aliphatic carbocycles. The SMILES string of the molecule is O=Cc1cc(C(=O)CCl)c(C(F)(F)F)c([N+](=O)[O-])c1. The molecule has 0 heterocycles. The van der Waals surface area contributed by atoms with Crippen LogP contribution in [0.2, 0.25) is 0 Å². The molecule has 102 valence electrons. The Hall–Kier alpha value is -1.96. The summed E-state index contributed by atoms with van der Waals surface area (Å²) in [5, 5.41) is 10.6. The predicted octanol–water partition coefficient (Wildman–Crippen LogP) is 2.85. The molecule has 19 heavy (non-hydrogen) atoms. The van der Waals surface area contributed by atoms with E-state index in [1.54, 1.807) is 0 Å². The van der Waals surface area contributed by atoms with Gasteiger partial charge < -0.3 is 0 Å². The van der Waals surface area contributed by atoms with Crippen LogP contribution in [0.1, 0.15) is 26.3 Å². The van der Waals surface area contributed by atoms with E-state index in [1.807, 2.05) is 0 Å². The number of ketones is 1. The zero-order chi connectivity index (χ0) is 14.8. The van der Waals surface area contributed by atoms with Crippen LogP contribution in [0.25, 0.3) is 0 Å². The van der Waals surface area contributed by atoms with Crippen LogP contribution in [0, 0.1) is 10.1 Å². The maximum Gasteiger partial charge on any atom is 0.423 e. The van der Waals surface area contributed by atoms with E-state index in [1.165, 1.54) is 0 Å². The molecule has 0 atom stereocenters. The molecule has 0 bridgehead atoms. The highest BCUT2D eigenvalue weighted by atomic mass is 35.5. The Morgan fingerprint density at radius 1 is 1.42 bits per heavy atom. The number of nitro benzene ring substituents is 1. The molecule has 0 radical (unpaired) electrons. The number of aldehydes is 1. The van der Waals surface area contributed by atoms with E-state index < -0.39 is 45.1 Å². The van der Waals surface area contributed by atoms with Gasteiger partial charge in [-0.2, -0.15) is 13.2 Å². The van der Waals surface area contributed by atoms with Crippen LogP contribution in [0.15, 0.2) is 12.1 Å². The van der Waals surface area contributed by atoms with Crippen molar-refractivity contribution in [1.29, 1.82) is 0 Å². The molecule has 0 aliphatic rings. The third-order valence-corrected chi connectivity index (χ3v) is 2.42. The number of carbonyl (C=O) groups is 2. The minimum absolute atomic E-state index is 0.109. The second kappa shape index (κ2) is 5.35. The number of carbonyl (C=O) groups excluding carboxylic acids is 2. The van der Waals surface area contributed by atoms with Crippen molar-refractivity contribution in [1.82, 2.24) is 0 Å². The Labute approximate surface area is 109 Å². The lowest BCUT2D eigenvalue weighted by atomic mass is 9.99. The summed E-state index contributed by atoms with van der Waals surface area (Å²) in [5.41, 5.74) is -4.45. The molecule has 0 aliphatic heterocycles. The van der Waals surface area contributed by atoms with Crippen molar-refractivity contribution < 1.29 is 27.7 Å². The largest absolute Gasteiger partial charge is 0.423 e. The lowest BCUT2D eigenvalue weighted by Crippen LogP contribution is -2.17. The molecule has 0 saturated heterocycles. The number of rotatable bonds is 4. The van der Waals surface area contributed by atoms with Gasteiger partial charge in [0.25, 0.3) is 5.69 Å². The van der Waals surface area contributed by atoms with E-state index in [-0.39, 0.29) is 6.29 Å². The number of halogens is 4. The van der Waals surface area contributed by atoms with Crippen LogP contribution in [-0.4, -0.2) is 22.9 Å². The first-order chi connectivity index (χ1) is 8.72. The van der Waals surface area contributed by atoms with Crippen molar-refractivity contribution in [3.8, 4) is 0 Å². The maximum atomic E-state index is 12.8. The third-order valence-electron chi connectivity index (χ3n) is 2.18. The summed E-state index contributed by atoms with van der Waals surface area (Å²) in [6, 6.07) is 1.09. The minimum atomic E-state index is -5.11. The van der Waals surface area contributed by atoms with Gasteiger partial charge in [-0.15, -0.1) is 11.6 Å². The number of nitrogens with zero attached hydrogens (tertiary/aromatic N) is 1. The highest BCUT2D eigenvalue weighted by Gasteiger charge is 2.42. The lowest BCUT2D eigenvalue weighted by molar-refractivity contribution is -0.388. The molecule has 1 aromatic rings. The standard InChI is InChI=1S/C10H5ClF3NO4/c11-3-8(17)6-1-5(4-16)2-7(15(18)19)9(6)10(12,13)14/h1-2,4H,3H2. The summed E-state index contributed by atoms with van der Waals surface area (Å²) in [4.78, 5) is 31.3. The molecule has 9 heteroatoms. The van der Waals surface area contributed by atoms with E-state index in [4.69, 9.17) is 11.6 Å². The molecule has 0 N–H and O–H groups in total. The van der Waals surface area contributed by atoms with Gasteiger partial charge in [-0.25, -0.2) is 0 Å². The van der Waals surface area contributed by atoms with Crippen molar-refractivity contribution in [2.24, 2.45) is 0 Å². The topological polar surface area (TPSA) is 77.3 Å². The highest BCUT2D eigenvalue weighted by molar-refractivity contribution is 6.30. The molecule has 0 unspecified atom stereocenters. The Balaban J connectivity index is 3.76. The number of hydrogen-bond acceptors (Lipinski definition) is 4. The van der Waals surface area contributed by atoms with Crippen molar-refractivity contribution in [2.45, 2.75) is 6.18 Å². The average molecular weight is 296 g/mol. The molecule has 1 aromatic carbocycles. The van der Waals surface area contributed by atoms with Gasteiger partial charge in [0.15, 0.2) is 5.78 Å². The maximum absolute atomic E-state index is 12.8. The Morgan fingerprint density at radius 3 is 2.37 bits per heavy atom. The number of Topliss-reactive ketones (excluding diaryl/α,β-unsaturated/α-hetero) is 1. The first kappa shape index (κ1) is 15.1. The highest BCUT2D eigenvalue weighted by Crippen LogP contribution is 2.39. The molecule has 0 fully saturated rings. The van der Waals surface area contributed by atoms with E-state index in [0.29, 0.717) is 12.1 Å². The summed E-state index contributed by atoms with van der Waals surface area (Å²) in [6.45, 7) is 0. The smallest absolute Gasteiger partial charge is 0.298 e. The second-order valence-corrected chi connectivity index (χ2v) is 3.66. The van der Waals surface area contributed by atoms with Crippen molar-refractivity contribution in [2.75, 3.05) is 5.88 Å². The molecule has 0 amide bonds. The first-order valence-electron chi connectivity index (χ1n) is 4.66. The molecular formula is C10H5ClF3NO4. The van der Waals surface area contributed by atoms with Gasteiger partial charge >= 0.3 is 6.18 Å². The predicted molar refractivity (Wildman–Crippen MR) is 58.5 cm³/mol. The minimum Gasteiger partial charge on any atom is -0.298 e. The number of alkyl halides is 4. The Morgan fingerprint density at radius 2 is 2.00 bits per heavy atom. The fourth-order valence-corrected chi connectivity index (χ4v) is 1.59. The zero-order valence-electron chi connectivity index (χ0n) is 9.03. The van der Waals surface area contributed by atoms with Crippen LogP contribution < -0.4 is 0 Å². The number of hydrogen-bond donors (Lipinski definition) is 0. The fourth-order valence-electron chi connectivity index (χ4n) is 1.45. The normalized spacial score (nSPS) is 11.2. The van der Waals surface area contributed by atoms with Crippen molar-refractivity contribution >= 4 is 29.4 Å². The summed E-state index contributed by atoms with van der Waals surface area (Å²) < 4.78 is 38.4. The second-order valence-electron chi connectivity index (χ2n) is 3.39. The zero-order valence-corrected chi connectivity index (χ0v) is 9.79. The lowest BCUT2D eigenvalue weighted by Gasteiger charge is -2.12. The quantitative estimate of drug-likeness (QED) is 0.281. The van der Waals surface area contributed by atoms with Gasteiger partial charge in [-0.3, -0.25) is 19.7 Å². The van der Waals surface area contributed by atoms with E-state index in [0.717, 1.165) is 0 Å². The third kappa shape index (κ3) is 3.08. The van der Waals surface area contributed by atoms with Gasteiger partial charge in [-0.05, 0) is 6.07 Å². The van der Waals surface area contributed by atoms with Gasteiger partial charge in [0, 0.05) is 17.2 Å². The molecule has 0 aromatic heterocycles. The van der Waals surface area contributed by atoms with E-state index in [9.17, 15) is 32.9 Å². The van der Waals surface area contributed by atoms with Crippen LogP contribution in [0.5, 0.6) is 0 Å². The molecule has 5 nitrogen and oxygen atoms in total. The van der Waals surface area contributed by atoms with Gasteiger partial charge in [-0.1, -0.05) is 0 Å². The molecule has 0 spiro atoms. The monoisotopic (exact) mass is 295 g/mol. The summed E-state index contributed by atoms with van der Waals surface area (Å²) in [5.74, 6) is -1.94. The van der Waals surface area contributed by atoms with Gasteiger partial charge in [0.1, 0.15) is 11.8 Å². The molecular weight excluding hydrogens is 291 g/mol. The average Bonchev–Trinajstić information content (AvgIpc) is 2.34. The number of nitro groups is 1. The molecule has 1 rings (SSSR count). The first-order valence-corrected chi connectivity index (χ1v) is 5.19. The van der Waals surface area contributed by atoms with Crippen LogP contribution >= 0.6 is 11.6 Å². The van der Waals surface area contributed by atoms with E-state index >= 15 is 0 Å².